The summed E-state index contributed by atoms with van der Waals surface area (Å²) >= 11 is 0. The molecule has 1 aliphatic rings. The average Bonchev–Trinajstić information content (AvgIpc) is 3.80. The Kier molecular flexibility index (Phi) is 8.15. The van der Waals surface area contributed by atoms with Gasteiger partial charge in [-0.25, -0.2) is 9.37 Å². The van der Waals surface area contributed by atoms with E-state index >= 15 is 0 Å². The summed E-state index contributed by atoms with van der Waals surface area (Å²) in [6.45, 7) is 7.52. The zero-order valence-corrected chi connectivity index (χ0v) is 25.8. The number of hydrogen-bond donors (Lipinski definition) is 3. The minimum Gasteiger partial charge on any atom is -0.492 e. The normalized spacial score (nSPS) is 13.7. The van der Waals surface area contributed by atoms with Crippen molar-refractivity contribution in [2.24, 2.45) is 5.92 Å². The molecule has 7 rings (SSSR count). The molecule has 5 aromatic heterocycles. The molecule has 1 aliphatic heterocycles. The maximum Gasteiger partial charge on any atom is 0.224 e. The van der Waals surface area contributed by atoms with Gasteiger partial charge in [-0.2, -0.15) is 5.10 Å². The van der Waals surface area contributed by atoms with Gasteiger partial charge in [-0.1, -0.05) is 13.8 Å². The molecule has 0 radical (unpaired) electrons. The number of anilines is 1. The Morgan fingerprint density at radius 3 is 2.70 bits per heavy atom. The molecule has 1 fully saturated rings. The molecule has 0 atom stereocenters. The Balaban J connectivity index is 1.18. The predicted octanol–water partition coefficient (Wildman–Crippen LogP) is 6.83. The van der Waals surface area contributed by atoms with Crippen molar-refractivity contribution in [2.75, 3.05) is 31.6 Å². The highest BCUT2D eigenvalue weighted by molar-refractivity contribution is 6.00. The summed E-state index contributed by atoms with van der Waals surface area (Å²) in [4.78, 5) is 31.8. The van der Waals surface area contributed by atoms with Crippen molar-refractivity contribution in [3.05, 3.63) is 73.1 Å². The molecule has 1 saturated heterocycles. The number of fused-ring (bicyclic) bond motifs is 2. The fraction of sp³-hybridized carbons (Fsp3) is 0.286. The van der Waals surface area contributed by atoms with Gasteiger partial charge in [-0.3, -0.25) is 24.8 Å². The molecule has 0 saturated carbocycles. The quantitative estimate of drug-likeness (QED) is 0.154. The zero-order chi connectivity index (χ0) is 31.6. The first-order valence-corrected chi connectivity index (χ1v) is 15.6. The largest absolute Gasteiger partial charge is 0.492 e. The SMILES string of the molecule is CC(C)CC(=O)Nc1cncc(-c2ccc3[nH]nc(-c4cc5c(-c6cc(F)cc(OCCN7CCCC7)c6)cncc5[nH]4)c3n2)c1. The molecule has 11 heteroatoms. The van der Waals surface area contributed by atoms with Crippen LogP contribution in [0, 0.1) is 11.7 Å². The number of hydrogen-bond acceptors (Lipinski definition) is 7. The van der Waals surface area contributed by atoms with Crippen molar-refractivity contribution >= 4 is 33.5 Å². The smallest absolute Gasteiger partial charge is 0.224 e. The van der Waals surface area contributed by atoms with E-state index in [1.165, 1.54) is 25.0 Å². The van der Waals surface area contributed by atoms with Gasteiger partial charge in [0, 0.05) is 47.9 Å². The number of aromatic nitrogens is 6. The third-order valence-corrected chi connectivity index (χ3v) is 8.18. The van der Waals surface area contributed by atoms with Gasteiger partial charge in [-0.15, -0.1) is 0 Å². The minimum atomic E-state index is -0.366. The number of amides is 1. The minimum absolute atomic E-state index is 0.0540. The molecule has 0 spiro atoms. The van der Waals surface area contributed by atoms with E-state index in [1.807, 2.05) is 44.2 Å². The first-order valence-electron chi connectivity index (χ1n) is 15.6. The van der Waals surface area contributed by atoms with E-state index in [0.29, 0.717) is 46.9 Å². The molecule has 46 heavy (non-hydrogen) atoms. The van der Waals surface area contributed by atoms with Gasteiger partial charge in [0.2, 0.25) is 5.91 Å². The lowest BCUT2D eigenvalue weighted by Crippen LogP contribution is -2.25. The Morgan fingerprint density at radius 2 is 1.85 bits per heavy atom. The van der Waals surface area contributed by atoms with E-state index in [2.05, 4.69) is 35.4 Å². The predicted molar refractivity (Wildman–Crippen MR) is 177 cm³/mol. The van der Waals surface area contributed by atoms with Crippen LogP contribution < -0.4 is 10.1 Å². The second-order valence-corrected chi connectivity index (χ2v) is 12.2. The highest BCUT2D eigenvalue weighted by Gasteiger charge is 2.17. The molecule has 10 nitrogen and oxygen atoms in total. The van der Waals surface area contributed by atoms with E-state index < -0.39 is 0 Å². The number of nitrogens with one attached hydrogen (secondary N) is 3. The van der Waals surface area contributed by atoms with Gasteiger partial charge in [0.05, 0.1) is 40.5 Å². The number of ether oxygens (including phenoxy) is 1. The van der Waals surface area contributed by atoms with Crippen molar-refractivity contribution < 1.29 is 13.9 Å². The molecule has 6 aromatic rings. The molecule has 0 aliphatic carbocycles. The van der Waals surface area contributed by atoms with Crippen molar-refractivity contribution in [2.45, 2.75) is 33.1 Å². The summed E-state index contributed by atoms with van der Waals surface area (Å²) in [5.74, 6) is 0.331. The van der Waals surface area contributed by atoms with Gasteiger partial charge < -0.3 is 15.0 Å². The molecule has 0 unspecified atom stereocenters. The van der Waals surface area contributed by atoms with E-state index in [-0.39, 0.29) is 17.6 Å². The fourth-order valence-electron chi connectivity index (χ4n) is 5.99. The van der Waals surface area contributed by atoms with Crippen molar-refractivity contribution in [3.8, 4) is 39.5 Å². The molecule has 0 bridgehead atoms. The van der Waals surface area contributed by atoms with Crippen molar-refractivity contribution in [3.63, 3.8) is 0 Å². The van der Waals surface area contributed by atoms with E-state index in [4.69, 9.17) is 9.72 Å². The zero-order valence-electron chi connectivity index (χ0n) is 25.8. The van der Waals surface area contributed by atoms with Crippen LogP contribution in [0.5, 0.6) is 5.75 Å². The number of carbonyl (C=O) groups is 1. The number of carbonyl (C=O) groups excluding carboxylic acids is 1. The van der Waals surface area contributed by atoms with Gasteiger partial charge in [0.1, 0.15) is 29.4 Å². The molecule has 1 aromatic carbocycles. The van der Waals surface area contributed by atoms with Crippen LogP contribution in [0.15, 0.2) is 67.3 Å². The number of rotatable bonds is 10. The Hall–Kier alpha value is -5.16. The fourth-order valence-corrected chi connectivity index (χ4v) is 5.99. The van der Waals surface area contributed by atoms with Crippen molar-refractivity contribution in [1.29, 1.82) is 0 Å². The summed E-state index contributed by atoms with van der Waals surface area (Å²) in [5, 5.41) is 11.5. The highest BCUT2D eigenvalue weighted by atomic mass is 19.1. The average molecular weight is 619 g/mol. The standard InChI is InChI=1S/C35H35FN8O2/c1-21(2)11-33(45)39-25-13-23(17-37-18-25)29-5-6-30-34(41-29)35(43-42-30)31-16-27-28(19-38-20-32(27)40-31)22-12-24(36)15-26(14-22)46-10-9-44-7-3-4-8-44/h5-6,12-21,40H,3-4,7-11H2,1-2H3,(H,39,45)(H,42,43). The van der Waals surface area contributed by atoms with E-state index in [1.54, 1.807) is 24.8 Å². The summed E-state index contributed by atoms with van der Waals surface area (Å²) in [7, 11) is 0. The van der Waals surface area contributed by atoms with Crippen LogP contribution in [0.2, 0.25) is 0 Å². The lowest BCUT2D eigenvalue weighted by molar-refractivity contribution is -0.116. The molecular formula is C35H35FN8O2. The number of pyridine rings is 3. The first-order chi connectivity index (χ1) is 22.4. The molecule has 3 N–H and O–H groups in total. The maximum atomic E-state index is 14.8. The molecule has 234 valence electrons. The number of aromatic amines is 2. The maximum absolute atomic E-state index is 14.8. The van der Waals surface area contributed by atoms with Crippen LogP contribution in [0.4, 0.5) is 10.1 Å². The Labute approximate surface area is 265 Å². The van der Waals surface area contributed by atoms with Crippen LogP contribution in [0.25, 0.3) is 55.7 Å². The van der Waals surface area contributed by atoms with Crippen LogP contribution in [-0.2, 0) is 4.79 Å². The third kappa shape index (κ3) is 6.32. The molecule has 1 amide bonds. The van der Waals surface area contributed by atoms with Crippen LogP contribution in [0.1, 0.15) is 33.1 Å². The third-order valence-electron chi connectivity index (χ3n) is 8.18. The molecule has 6 heterocycles. The summed E-state index contributed by atoms with van der Waals surface area (Å²) < 4.78 is 20.8. The lowest BCUT2D eigenvalue weighted by atomic mass is 10.0. The number of likely N-dealkylation sites (tertiary alicyclic amines) is 1. The van der Waals surface area contributed by atoms with E-state index in [0.717, 1.165) is 52.9 Å². The van der Waals surface area contributed by atoms with Crippen LogP contribution in [0.3, 0.4) is 0 Å². The van der Waals surface area contributed by atoms with E-state index in [9.17, 15) is 9.18 Å². The van der Waals surface area contributed by atoms with Gasteiger partial charge in [0.25, 0.3) is 0 Å². The summed E-state index contributed by atoms with van der Waals surface area (Å²) in [5.41, 5.74) is 7.14. The summed E-state index contributed by atoms with van der Waals surface area (Å²) in [6, 6.07) is 12.5. The number of halogens is 1. The lowest BCUT2D eigenvalue weighted by Gasteiger charge is -2.15. The second kappa shape index (κ2) is 12.7. The number of benzene rings is 1. The molecular weight excluding hydrogens is 583 g/mol. The Bertz CT molecular complexity index is 2030. The Morgan fingerprint density at radius 1 is 1.00 bits per heavy atom. The van der Waals surface area contributed by atoms with Crippen molar-refractivity contribution in [1.82, 2.24) is 35.0 Å². The van der Waals surface area contributed by atoms with Crippen LogP contribution in [-0.4, -0.2) is 67.2 Å². The number of H-pyrrole nitrogens is 2. The summed E-state index contributed by atoms with van der Waals surface area (Å²) in [6.07, 6.45) is 9.70. The van der Waals surface area contributed by atoms with Gasteiger partial charge in [0.15, 0.2) is 0 Å². The highest BCUT2D eigenvalue weighted by Crippen LogP contribution is 2.35. The van der Waals surface area contributed by atoms with Gasteiger partial charge >= 0.3 is 0 Å². The van der Waals surface area contributed by atoms with Crippen LogP contribution >= 0.6 is 0 Å². The first kappa shape index (κ1) is 29.5. The number of nitrogens with zero attached hydrogens (tertiary/aromatic N) is 5. The van der Waals surface area contributed by atoms with Gasteiger partial charge in [-0.05, 0) is 73.8 Å². The second-order valence-electron chi connectivity index (χ2n) is 12.2. The monoisotopic (exact) mass is 618 g/mol. The topological polar surface area (TPSA) is 125 Å².